The van der Waals surface area contributed by atoms with Crippen LogP contribution in [0.3, 0.4) is 0 Å². The van der Waals surface area contributed by atoms with Gasteiger partial charge in [0.05, 0.1) is 0 Å². The van der Waals surface area contributed by atoms with Crippen LogP contribution >= 0.6 is 0 Å². The molecule has 1 heterocycles. The number of fused-ring (bicyclic) bond motifs is 1. The number of benzene rings is 1. The van der Waals surface area contributed by atoms with Gasteiger partial charge in [-0.25, -0.2) is 4.79 Å². The van der Waals surface area contributed by atoms with Crippen LogP contribution in [-0.4, -0.2) is 6.61 Å². The van der Waals surface area contributed by atoms with Gasteiger partial charge in [0, 0.05) is 17.5 Å². The minimum Gasteiger partial charge on any atom is -0.489 e. The van der Waals surface area contributed by atoms with Crippen molar-refractivity contribution in [1.82, 2.24) is 0 Å². The molecule has 1 aromatic carbocycles. The first kappa shape index (κ1) is 10.5. The highest BCUT2D eigenvalue weighted by Crippen LogP contribution is 2.19. The van der Waals surface area contributed by atoms with Crippen LogP contribution < -0.4 is 10.4 Å². The van der Waals surface area contributed by atoms with E-state index in [4.69, 9.17) is 9.15 Å². The summed E-state index contributed by atoms with van der Waals surface area (Å²) in [4.78, 5) is 11.0. The summed E-state index contributed by atoms with van der Waals surface area (Å²) in [6.45, 7) is 2.45. The summed E-state index contributed by atoms with van der Waals surface area (Å²) in [7, 11) is 0. The van der Waals surface area contributed by atoms with Crippen molar-refractivity contribution in [2.75, 3.05) is 6.61 Å². The van der Waals surface area contributed by atoms with Crippen molar-refractivity contribution in [3.8, 4) is 5.75 Å². The van der Waals surface area contributed by atoms with Crippen molar-refractivity contribution in [3.63, 3.8) is 0 Å². The van der Waals surface area contributed by atoms with Gasteiger partial charge in [0.2, 0.25) is 0 Å². The molecule has 0 saturated carbocycles. The Labute approximate surface area is 93.0 Å². The zero-order valence-corrected chi connectivity index (χ0v) is 8.97. The van der Waals surface area contributed by atoms with E-state index in [1.807, 2.05) is 31.2 Å². The molecule has 0 amide bonds. The van der Waals surface area contributed by atoms with Crippen LogP contribution in [-0.2, 0) is 0 Å². The minimum atomic E-state index is -0.349. The fourth-order valence-corrected chi connectivity index (χ4v) is 1.37. The fraction of sp³-hybridized carbons (Fsp3) is 0.154. The van der Waals surface area contributed by atoms with E-state index in [0.717, 1.165) is 5.39 Å². The highest BCUT2D eigenvalue weighted by atomic mass is 16.5. The highest BCUT2D eigenvalue weighted by Gasteiger charge is 1.99. The SMILES string of the molecule is C/C=C/COc1ccc2ccc(=O)oc2c1. The number of hydrogen-bond acceptors (Lipinski definition) is 3. The molecular weight excluding hydrogens is 204 g/mol. The Kier molecular flexibility index (Phi) is 3.05. The maximum atomic E-state index is 11.0. The number of ether oxygens (including phenoxy) is 1. The van der Waals surface area contributed by atoms with Crippen LogP contribution in [0.25, 0.3) is 11.0 Å². The van der Waals surface area contributed by atoms with Crippen molar-refractivity contribution < 1.29 is 9.15 Å². The van der Waals surface area contributed by atoms with Gasteiger partial charge in [-0.3, -0.25) is 0 Å². The summed E-state index contributed by atoms with van der Waals surface area (Å²) in [5.41, 5.74) is 0.198. The molecule has 0 fully saturated rings. The maximum absolute atomic E-state index is 11.0. The van der Waals surface area contributed by atoms with E-state index in [1.165, 1.54) is 6.07 Å². The van der Waals surface area contributed by atoms with Gasteiger partial charge in [0.15, 0.2) is 0 Å². The van der Waals surface area contributed by atoms with E-state index < -0.39 is 0 Å². The third-order valence-corrected chi connectivity index (χ3v) is 2.18. The molecule has 2 rings (SSSR count). The van der Waals surface area contributed by atoms with E-state index in [-0.39, 0.29) is 5.63 Å². The monoisotopic (exact) mass is 216 g/mol. The lowest BCUT2D eigenvalue weighted by molar-refractivity contribution is 0.362. The summed E-state index contributed by atoms with van der Waals surface area (Å²) in [6.07, 6.45) is 3.83. The largest absolute Gasteiger partial charge is 0.489 e. The average molecular weight is 216 g/mol. The Morgan fingerprint density at radius 2 is 2.12 bits per heavy atom. The summed E-state index contributed by atoms with van der Waals surface area (Å²) >= 11 is 0. The minimum absolute atomic E-state index is 0.349. The quantitative estimate of drug-likeness (QED) is 0.585. The summed E-state index contributed by atoms with van der Waals surface area (Å²) in [6, 6.07) is 8.58. The van der Waals surface area contributed by atoms with Crippen LogP contribution in [0.2, 0.25) is 0 Å². The van der Waals surface area contributed by atoms with Crippen molar-refractivity contribution in [2.45, 2.75) is 6.92 Å². The third-order valence-electron chi connectivity index (χ3n) is 2.18. The topological polar surface area (TPSA) is 39.4 Å². The molecule has 1 aromatic heterocycles. The van der Waals surface area contributed by atoms with Gasteiger partial charge in [-0.1, -0.05) is 12.2 Å². The number of rotatable bonds is 3. The second kappa shape index (κ2) is 4.66. The van der Waals surface area contributed by atoms with E-state index in [2.05, 4.69) is 0 Å². The third kappa shape index (κ3) is 2.31. The van der Waals surface area contributed by atoms with Gasteiger partial charge in [-0.2, -0.15) is 0 Å². The van der Waals surface area contributed by atoms with Gasteiger partial charge in [0.25, 0.3) is 0 Å². The molecule has 82 valence electrons. The van der Waals surface area contributed by atoms with Gasteiger partial charge in [-0.15, -0.1) is 0 Å². The Morgan fingerprint density at radius 1 is 1.31 bits per heavy atom. The first-order valence-electron chi connectivity index (χ1n) is 5.07. The molecule has 2 aromatic rings. The Morgan fingerprint density at radius 3 is 2.94 bits per heavy atom. The number of hydrogen-bond donors (Lipinski definition) is 0. The molecule has 0 unspecified atom stereocenters. The highest BCUT2D eigenvalue weighted by molar-refractivity contribution is 5.77. The molecule has 0 N–H and O–H groups in total. The Balaban J connectivity index is 2.31. The number of allylic oxidation sites excluding steroid dienone is 1. The first-order valence-corrected chi connectivity index (χ1v) is 5.07. The van der Waals surface area contributed by atoms with Crippen LogP contribution in [0.15, 0.2) is 51.7 Å². The molecule has 0 radical (unpaired) electrons. The first-order chi connectivity index (χ1) is 7.79. The van der Waals surface area contributed by atoms with E-state index in [9.17, 15) is 4.79 Å². The molecule has 0 saturated heterocycles. The Bertz CT molecular complexity index is 567. The predicted octanol–water partition coefficient (Wildman–Crippen LogP) is 2.75. The lowest BCUT2D eigenvalue weighted by Gasteiger charge is -2.03. The molecule has 0 aliphatic heterocycles. The van der Waals surface area contributed by atoms with Crippen molar-refractivity contribution in [3.05, 3.63) is 52.9 Å². The lowest BCUT2D eigenvalue weighted by Crippen LogP contribution is -1.96. The summed E-state index contributed by atoms with van der Waals surface area (Å²) in [5, 5.41) is 0.887. The second-order valence-corrected chi connectivity index (χ2v) is 3.33. The van der Waals surface area contributed by atoms with E-state index in [0.29, 0.717) is 17.9 Å². The molecule has 0 spiro atoms. The second-order valence-electron chi connectivity index (χ2n) is 3.33. The molecule has 0 aliphatic carbocycles. The van der Waals surface area contributed by atoms with Gasteiger partial charge >= 0.3 is 5.63 Å². The van der Waals surface area contributed by atoms with Gasteiger partial charge < -0.3 is 9.15 Å². The standard InChI is InChI=1S/C13H12O3/c1-2-3-8-15-11-6-4-10-5-7-13(14)16-12(10)9-11/h2-7,9H,8H2,1H3/b3-2+. The summed E-state index contributed by atoms with van der Waals surface area (Å²) in [5.74, 6) is 0.694. The molecular formula is C13H12O3. The molecule has 3 nitrogen and oxygen atoms in total. The van der Waals surface area contributed by atoms with E-state index >= 15 is 0 Å². The normalized spacial score (nSPS) is 11.1. The molecule has 0 bridgehead atoms. The average Bonchev–Trinajstić information content (AvgIpc) is 2.29. The zero-order valence-electron chi connectivity index (χ0n) is 8.97. The van der Waals surface area contributed by atoms with Crippen molar-refractivity contribution in [2.24, 2.45) is 0 Å². The molecule has 16 heavy (non-hydrogen) atoms. The fourth-order valence-electron chi connectivity index (χ4n) is 1.37. The van der Waals surface area contributed by atoms with E-state index in [1.54, 1.807) is 12.1 Å². The smallest absolute Gasteiger partial charge is 0.336 e. The van der Waals surface area contributed by atoms with Crippen molar-refractivity contribution >= 4 is 11.0 Å². The van der Waals surface area contributed by atoms with Crippen molar-refractivity contribution in [1.29, 1.82) is 0 Å². The molecule has 3 heteroatoms. The Hall–Kier alpha value is -2.03. The van der Waals surface area contributed by atoms with Crippen LogP contribution in [0.1, 0.15) is 6.92 Å². The van der Waals surface area contributed by atoms with Crippen LogP contribution in [0.4, 0.5) is 0 Å². The summed E-state index contributed by atoms with van der Waals surface area (Å²) < 4.78 is 10.5. The molecule has 0 aliphatic rings. The maximum Gasteiger partial charge on any atom is 0.336 e. The van der Waals surface area contributed by atoms with Crippen LogP contribution in [0, 0.1) is 0 Å². The lowest BCUT2D eigenvalue weighted by atomic mass is 10.2. The van der Waals surface area contributed by atoms with Crippen LogP contribution in [0.5, 0.6) is 5.75 Å². The predicted molar refractivity (Wildman–Crippen MR) is 62.8 cm³/mol. The molecule has 0 atom stereocenters. The van der Waals surface area contributed by atoms with Gasteiger partial charge in [-0.05, 0) is 25.1 Å². The van der Waals surface area contributed by atoms with Gasteiger partial charge in [0.1, 0.15) is 17.9 Å². The zero-order chi connectivity index (χ0) is 11.4.